The molecule has 0 unspecified atom stereocenters. The summed E-state index contributed by atoms with van der Waals surface area (Å²) < 4.78 is 31.9. The quantitative estimate of drug-likeness (QED) is 0.477. The molecule has 0 aliphatic heterocycles. The van der Waals surface area contributed by atoms with E-state index in [1.54, 1.807) is 19.9 Å². The zero-order valence-electron chi connectivity index (χ0n) is 16.2. The van der Waals surface area contributed by atoms with Crippen molar-refractivity contribution in [3.05, 3.63) is 52.4 Å². The zero-order valence-corrected chi connectivity index (χ0v) is 17.0. The Morgan fingerprint density at radius 3 is 2.76 bits per heavy atom. The van der Waals surface area contributed by atoms with Gasteiger partial charge in [-0.15, -0.1) is 0 Å². The lowest BCUT2D eigenvalue weighted by Gasteiger charge is -2.05. The molecule has 2 aromatic heterocycles. The van der Waals surface area contributed by atoms with Gasteiger partial charge in [0.05, 0.1) is 28.3 Å². The van der Waals surface area contributed by atoms with E-state index in [-0.39, 0.29) is 23.4 Å². The number of nitrogens with one attached hydrogen (secondary N) is 3. The van der Waals surface area contributed by atoms with Gasteiger partial charge >= 0.3 is 5.97 Å². The van der Waals surface area contributed by atoms with Crippen LogP contribution in [0.4, 0.5) is 0 Å². The molecule has 152 valence electrons. The molecular weight excluding hydrogens is 394 g/mol. The normalized spacial score (nSPS) is 13.6. The van der Waals surface area contributed by atoms with Crippen LogP contribution >= 0.6 is 0 Å². The van der Waals surface area contributed by atoms with Gasteiger partial charge in [0.1, 0.15) is 0 Å². The molecule has 3 aromatic rings. The molecule has 0 atom stereocenters. The van der Waals surface area contributed by atoms with Gasteiger partial charge in [-0.25, -0.2) is 17.9 Å². The third-order valence-corrected chi connectivity index (χ3v) is 6.56. The number of hydrogen-bond donors (Lipinski definition) is 4. The van der Waals surface area contributed by atoms with Crippen molar-refractivity contribution in [1.82, 2.24) is 14.7 Å². The highest BCUT2D eigenvalue weighted by Gasteiger charge is 2.30. The van der Waals surface area contributed by atoms with Gasteiger partial charge in [0.2, 0.25) is 10.0 Å². The Hall–Kier alpha value is -3.04. The Labute approximate surface area is 167 Å². The summed E-state index contributed by atoms with van der Waals surface area (Å²) in [7, 11) is -2.29. The standard InChI is InChI=1S/C20H21N3O5S/c1-4-28-20(25)16-10(2)22-18-12(16)6-7-13(18)17-14-9-11(29(26,27)21-3)5-8-15(14)23-19(17)24/h5,7-9,21-24H,4,6H2,1-3H3. The first-order valence-corrected chi connectivity index (χ1v) is 10.6. The lowest BCUT2D eigenvalue weighted by atomic mass is 10.0. The summed E-state index contributed by atoms with van der Waals surface area (Å²) in [4.78, 5) is 18.6. The monoisotopic (exact) mass is 415 g/mol. The molecule has 8 nitrogen and oxygen atoms in total. The smallest absolute Gasteiger partial charge is 0.340 e. The van der Waals surface area contributed by atoms with Crippen molar-refractivity contribution in [1.29, 1.82) is 0 Å². The van der Waals surface area contributed by atoms with Gasteiger partial charge in [0.25, 0.3) is 0 Å². The highest BCUT2D eigenvalue weighted by Crippen LogP contribution is 2.42. The third-order valence-electron chi connectivity index (χ3n) is 5.15. The number of esters is 1. The summed E-state index contributed by atoms with van der Waals surface area (Å²) in [6.07, 6.45) is 2.41. The molecule has 1 aliphatic rings. The van der Waals surface area contributed by atoms with Crippen LogP contribution in [-0.4, -0.2) is 43.1 Å². The van der Waals surface area contributed by atoms with Crippen LogP contribution in [0.1, 0.15) is 39.8 Å². The van der Waals surface area contributed by atoms with E-state index in [2.05, 4.69) is 14.7 Å². The number of aromatic nitrogens is 2. The van der Waals surface area contributed by atoms with Gasteiger partial charge in [-0.3, -0.25) is 0 Å². The number of carbonyl (C=O) groups is 1. The molecule has 0 amide bonds. The molecule has 0 saturated carbocycles. The number of sulfonamides is 1. The molecule has 4 rings (SSSR count). The average Bonchev–Trinajstić information content (AvgIpc) is 3.31. The molecule has 0 fully saturated rings. The van der Waals surface area contributed by atoms with E-state index in [1.807, 2.05) is 6.08 Å². The van der Waals surface area contributed by atoms with Crippen molar-refractivity contribution in [2.75, 3.05) is 13.7 Å². The number of aromatic amines is 2. The minimum atomic E-state index is -3.64. The number of hydrogen-bond acceptors (Lipinski definition) is 5. The van der Waals surface area contributed by atoms with Crippen molar-refractivity contribution in [2.24, 2.45) is 0 Å². The Bertz CT molecular complexity index is 1280. The number of H-pyrrole nitrogens is 2. The second kappa shape index (κ2) is 6.78. The lowest BCUT2D eigenvalue weighted by Crippen LogP contribution is -2.18. The second-order valence-electron chi connectivity index (χ2n) is 6.78. The lowest BCUT2D eigenvalue weighted by molar-refractivity contribution is 0.0524. The number of benzene rings is 1. The molecule has 4 N–H and O–H groups in total. The van der Waals surface area contributed by atoms with Gasteiger partial charge in [0, 0.05) is 22.2 Å². The summed E-state index contributed by atoms with van der Waals surface area (Å²) in [5.74, 6) is -0.453. The van der Waals surface area contributed by atoms with Crippen LogP contribution in [0.3, 0.4) is 0 Å². The number of fused-ring (bicyclic) bond motifs is 2. The fraction of sp³-hybridized carbons (Fsp3) is 0.250. The number of rotatable bonds is 5. The van der Waals surface area contributed by atoms with Crippen LogP contribution in [0.25, 0.3) is 16.5 Å². The van der Waals surface area contributed by atoms with Gasteiger partial charge < -0.3 is 19.8 Å². The molecular formula is C20H21N3O5S. The number of carbonyl (C=O) groups excluding carboxylic acids is 1. The molecule has 0 saturated heterocycles. The van der Waals surface area contributed by atoms with E-state index in [0.29, 0.717) is 39.7 Å². The largest absolute Gasteiger partial charge is 0.494 e. The second-order valence-corrected chi connectivity index (χ2v) is 8.67. The number of allylic oxidation sites excluding steroid dienone is 1. The van der Waals surface area contributed by atoms with E-state index in [0.717, 1.165) is 11.3 Å². The van der Waals surface area contributed by atoms with Crippen molar-refractivity contribution < 1.29 is 23.1 Å². The molecule has 9 heteroatoms. The highest BCUT2D eigenvalue weighted by atomic mass is 32.2. The molecule has 0 spiro atoms. The first-order valence-electron chi connectivity index (χ1n) is 9.16. The summed E-state index contributed by atoms with van der Waals surface area (Å²) in [5.41, 5.74) is 4.54. The van der Waals surface area contributed by atoms with Gasteiger partial charge in [-0.2, -0.15) is 0 Å². The first-order chi connectivity index (χ1) is 13.8. The number of aromatic hydroxyl groups is 1. The number of ether oxygens (including phenoxy) is 1. The van der Waals surface area contributed by atoms with Crippen molar-refractivity contribution in [3.8, 4) is 5.88 Å². The van der Waals surface area contributed by atoms with Crippen LogP contribution < -0.4 is 4.72 Å². The predicted molar refractivity (Wildman–Crippen MR) is 108 cm³/mol. The first kappa shape index (κ1) is 19.3. The molecule has 1 aromatic carbocycles. The van der Waals surface area contributed by atoms with Crippen molar-refractivity contribution in [3.63, 3.8) is 0 Å². The van der Waals surface area contributed by atoms with E-state index < -0.39 is 10.0 Å². The predicted octanol–water partition coefficient (Wildman–Crippen LogP) is 2.58. The molecule has 29 heavy (non-hydrogen) atoms. The maximum absolute atomic E-state index is 12.4. The minimum absolute atomic E-state index is 0.0666. The van der Waals surface area contributed by atoms with E-state index in [4.69, 9.17) is 4.74 Å². The molecule has 2 heterocycles. The third kappa shape index (κ3) is 2.93. The van der Waals surface area contributed by atoms with Crippen molar-refractivity contribution >= 4 is 32.5 Å². The van der Waals surface area contributed by atoms with Crippen molar-refractivity contribution in [2.45, 2.75) is 25.2 Å². The Morgan fingerprint density at radius 1 is 1.31 bits per heavy atom. The van der Waals surface area contributed by atoms with Crippen LogP contribution in [0, 0.1) is 6.92 Å². The topological polar surface area (TPSA) is 124 Å². The van der Waals surface area contributed by atoms with E-state index in [9.17, 15) is 18.3 Å². The number of aryl methyl sites for hydroxylation is 1. The average molecular weight is 415 g/mol. The molecule has 0 bridgehead atoms. The zero-order chi connectivity index (χ0) is 20.9. The van der Waals surface area contributed by atoms with Crippen LogP contribution in [0.5, 0.6) is 5.88 Å². The fourth-order valence-corrected chi connectivity index (χ4v) is 4.59. The van der Waals surface area contributed by atoms with Gasteiger partial charge in [-0.1, -0.05) is 6.08 Å². The summed E-state index contributed by atoms with van der Waals surface area (Å²) in [6.45, 7) is 3.84. The summed E-state index contributed by atoms with van der Waals surface area (Å²) >= 11 is 0. The van der Waals surface area contributed by atoms with Crippen LogP contribution in [-0.2, 0) is 21.2 Å². The Balaban J connectivity index is 1.88. The molecule has 0 radical (unpaired) electrons. The summed E-state index contributed by atoms with van der Waals surface area (Å²) in [5, 5.41) is 11.1. The fourth-order valence-electron chi connectivity index (χ4n) is 3.84. The highest BCUT2D eigenvalue weighted by molar-refractivity contribution is 7.89. The van der Waals surface area contributed by atoms with Crippen LogP contribution in [0.2, 0.25) is 0 Å². The minimum Gasteiger partial charge on any atom is -0.494 e. The van der Waals surface area contributed by atoms with E-state index >= 15 is 0 Å². The van der Waals surface area contributed by atoms with Gasteiger partial charge in [0.15, 0.2) is 5.88 Å². The Kier molecular flexibility index (Phi) is 4.51. The Morgan fingerprint density at radius 2 is 2.07 bits per heavy atom. The maximum atomic E-state index is 12.4. The van der Waals surface area contributed by atoms with Gasteiger partial charge in [-0.05, 0) is 51.1 Å². The SMILES string of the molecule is CCOC(=O)c1c(C)[nH]c2c1CC=C2c1c(O)[nH]c2ccc(S(=O)(=O)NC)cc12. The summed E-state index contributed by atoms with van der Waals surface area (Å²) in [6, 6.07) is 4.61. The van der Waals surface area contributed by atoms with Crippen LogP contribution in [0.15, 0.2) is 29.2 Å². The maximum Gasteiger partial charge on any atom is 0.340 e. The van der Waals surface area contributed by atoms with E-state index in [1.165, 1.54) is 19.2 Å². The molecule has 1 aliphatic carbocycles.